The molecule has 6 heteroatoms. The highest BCUT2D eigenvalue weighted by molar-refractivity contribution is 9.10. The summed E-state index contributed by atoms with van der Waals surface area (Å²) in [7, 11) is 0. The maximum Gasteiger partial charge on any atom is 0.325 e. The van der Waals surface area contributed by atoms with Crippen LogP contribution in [0, 0.1) is 0 Å². The normalized spacial score (nSPS) is 14.3. The highest BCUT2D eigenvalue weighted by Crippen LogP contribution is 2.24. The van der Waals surface area contributed by atoms with Gasteiger partial charge < -0.3 is 9.88 Å². The summed E-state index contributed by atoms with van der Waals surface area (Å²) in [5, 5.41) is 0. The first-order valence-corrected chi connectivity index (χ1v) is 6.77. The summed E-state index contributed by atoms with van der Waals surface area (Å²) in [5.74, 6) is 0. The minimum atomic E-state index is -0.431. The number of nitrogens with zero attached hydrogens (tertiary/aromatic N) is 1. The van der Waals surface area contributed by atoms with E-state index in [2.05, 4.69) is 30.8 Å². The van der Waals surface area contributed by atoms with E-state index in [1.54, 1.807) is 0 Å². The number of hydrogen-bond acceptors (Lipinski definition) is 3. The highest BCUT2D eigenvalue weighted by Gasteiger charge is 2.20. The molecule has 3 rings (SSSR count). The molecule has 0 saturated carbocycles. The van der Waals surface area contributed by atoms with Crippen molar-refractivity contribution in [1.82, 2.24) is 9.97 Å². The number of aromatic nitrogens is 2. The zero-order valence-corrected chi connectivity index (χ0v) is 11.7. The first kappa shape index (κ1) is 12.2. The third-order valence-electron chi connectivity index (χ3n) is 3.28. The van der Waals surface area contributed by atoms with Crippen LogP contribution in [0.3, 0.4) is 0 Å². The molecule has 0 atom stereocenters. The van der Waals surface area contributed by atoms with Crippen LogP contribution in [-0.2, 0) is 13.0 Å². The van der Waals surface area contributed by atoms with Gasteiger partial charge in [-0.3, -0.25) is 9.78 Å². The lowest BCUT2D eigenvalue weighted by Gasteiger charge is -2.29. The molecule has 98 valence electrons. The fourth-order valence-electron chi connectivity index (χ4n) is 2.35. The Morgan fingerprint density at radius 1 is 1.21 bits per heavy atom. The van der Waals surface area contributed by atoms with Crippen molar-refractivity contribution in [3.63, 3.8) is 0 Å². The topological polar surface area (TPSA) is 69.0 Å². The van der Waals surface area contributed by atoms with Gasteiger partial charge in [0.1, 0.15) is 0 Å². The van der Waals surface area contributed by atoms with Gasteiger partial charge in [-0.25, -0.2) is 4.79 Å². The number of nitrogens with one attached hydrogen (secondary N) is 2. The van der Waals surface area contributed by atoms with Gasteiger partial charge in [0.15, 0.2) is 0 Å². The molecule has 0 fully saturated rings. The van der Waals surface area contributed by atoms with Gasteiger partial charge in [0.2, 0.25) is 0 Å². The summed E-state index contributed by atoms with van der Waals surface area (Å²) in [5.41, 5.74) is 1.73. The predicted molar refractivity (Wildman–Crippen MR) is 76.6 cm³/mol. The van der Waals surface area contributed by atoms with Crippen LogP contribution in [0.25, 0.3) is 0 Å². The van der Waals surface area contributed by atoms with Crippen LogP contribution in [0.5, 0.6) is 0 Å². The number of anilines is 1. The molecular formula is C13H12BrN3O2. The van der Waals surface area contributed by atoms with Crippen LogP contribution in [0.1, 0.15) is 11.3 Å². The van der Waals surface area contributed by atoms with E-state index in [-0.39, 0.29) is 5.56 Å². The molecule has 0 saturated heterocycles. The zero-order valence-electron chi connectivity index (χ0n) is 10.1. The molecule has 19 heavy (non-hydrogen) atoms. The maximum atomic E-state index is 11.8. The average molecular weight is 322 g/mol. The zero-order chi connectivity index (χ0) is 13.4. The van der Waals surface area contributed by atoms with E-state index in [1.807, 2.05) is 24.3 Å². The van der Waals surface area contributed by atoms with Crippen LogP contribution in [0.2, 0.25) is 0 Å². The molecule has 1 aliphatic rings. The number of benzene rings is 1. The van der Waals surface area contributed by atoms with E-state index < -0.39 is 5.69 Å². The van der Waals surface area contributed by atoms with Gasteiger partial charge >= 0.3 is 5.69 Å². The highest BCUT2D eigenvalue weighted by atomic mass is 79.9. The third-order valence-corrected chi connectivity index (χ3v) is 3.78. The third kappa shape index (κ3) is 2.35. The molecule has 0 aliphatic carbocycles. The van der Waals surface area contributed by atoms with Crippen LogP contribution >= 0.6 is 15.9 Å². The van der Waals surface area contributed by atoms with E-state index >= 15 is 0 Å². The molecule has 2 heterocycles. The van der Waals surface area contributed by atoms with Crippen LogP contribution in [0.15, 0.2) is 38.3 Å². The molecule has 1 aliphatic heterocycles. The van der Waals surface area contributed by atoms with Crippen molar-refractivity contribution in [2.75, 3.05) is 11.4 Å². The molecule has 1 aromatic heterocycles. The van der Waals surface area contributed by atoms with Crippen molar-refractivity contribution in [3.05, 3.63) is 60.8 Å². The standard InChI is InChI=1S/C13H12BrN3O2/c14-8-2-1-3-9(6-8)17-5-4-11-10(7-17)12(18)16-13(19)15-11/h1-3,6H,4-5,7H2,(H2,15,16,18,19). The second-order valence-corrected chi connectivity index (χ2v) is 5.43. The number of fused-ring (bicyclic) bond motifs is 1. The average Bonchev–Trinajstić information content (AvgIpc) is 2.38. The number of H-pyrrole nitrogens is 2. The van der Waals surface area contributed by atoms with Gasteiger partial charge in [0.25, 0.3) is 5.56 Å². The van der Waals surface area contributed by atoms with Gasteiger partial charge in [-0.05, 0) is 18.2 Å². The van der Waals surface area contributed by atoms with E-state index in [4.69, 9.17) is 0 Å². The summed E-state index contributed by atoms with van der Waals surface area (Å²) < 4.78 is 1.01. The molecule has 5 nitrogen and oxygen atoms in total. The molecule has 2 aromatic rings. The second kappa shape index (κ2) is 4.70. The summed E-state index contributed by atoms with van der Waals surface area (Å²) in [6.45, 7) is 1.29. The van der Waals surface area contributed by atoms with Gasteiger partial charge in [0.05, 0.1) is 12.1 Å². The monoisotopic (exact) mass is 321 g/mol. The van der Waals surface area contributed by atoms with Crippen molar-refractivity contribution in [2.45, 2.75) is 13.0 Å². The van der Waals surface area contributed by atoms with Crippen molar-refractivity contribution in [3.8, 4) is 0 Å². The molecular weight excluding hydrogens is 310 g/mol. The first-order valence-electron chi connectivity index (χ1n) is 5.98. The molecule has 0 spiro atoms. The first-order chi connectivity index (χ1) is 9.13. The number of aromatic amines is 2. The molecule has 0 radical (unpaired) electrons. The Bertz CT molecular complexity index is 735. The van der Waals surface area contributed by atoms with E-state index in [0.717, 1.165) is 22.4 Å². The Labute approximate surface area is 117 Å². The minimum absolute atomic E-state index is 0.293. The largest absolute Gasteiger partial charge is 0.367 e. The van der Waals surface area contributed by atoms with E-state index in [9.17, 15) is 9.59 Å². The molecule has 1 aromatic carbocycles. The van der Waals surface area contributed by atoms with Crippen LogP contribution < -0.4 is 16.1 Å². The SMILES string of the molecule is O=c1[nH]c2c(c(=O)[nH]1)CN(c1cccc(Br)c1)CC2. The van der Waals surface area contributed by atoms with E-state index in [1.165, 1.54) is 0 Å². The quantitative estimate of drug-likeness (QED) is 0.834. The maximum absolute atomic E-state index is 11.8. The van der Waals surface area contributed by atoms with Gasteiger partial charge in [-0.15, -0.1) is 0 Å². The summed E-state index contributed by atoms with van der Waals surface area (Å²) in [6.07, 6.45) is 0.668. The van der Waals surface area contributed by atoms with Crippen molar-refractivity contribution in [2.24, 2.45) is 0 Å². The van der Waals surface area contributed by atoms with Gasteiger partial charge in [-0.1, -0.05) is 22.0 Å². The Balaban J connectivity index is 1.99. The van der Waals surface area contributed by atoms with Crippen LogP contribution in [-0.4, -0.2) is 16.5 Å². The Morgan fingerprint density at radius 2 is 2.05 bits per heavy atom. The minimum Gasteiger partial charge on any atom is -0.367 e. The lowest BCUT2D eigenvalue weighted by molar-refractivity contribution is 0.691. The van der Waals surface area contributed by atoms with Crippen molar-refractivity contribution in [1.29, 1.82) is 0 Å². The summed E-state index contributed by atoms with van der Waals surface area (Å²) >= 11 is 3.44. The summed E-state index contributed by atoms with van der Waals surface area (Å²) in [6, 6.07) is 7.96. The lowest BCUT2D eigenvalue weighted by Crippen LogP contribution is -2.38. The van der Waals surface area contributed by atoms with Gasteiger partial charge in [-0.2, -0.15) is 0 Å². The lowest BCUT2D eigenvalue weighted by atomic mass is 10.1. The van der Waals surface area contributed by atoms with Gasteiger partial charge in [0, 0.05) is 28.8 Å². The number of halogens is 1. The van der Waals surface area contributed by atoms with E-state index in [0.29, 0.717) is 18.5 Å². The smallest absolute Gasteiger partial charge is 0.325 e. The molecule has 0 amide bonds. The Morgan fingerprint density at radius 3 is 2.84 bits per heavy atom. The Hall–Kier alpha value is -1.82. The second-order valence-electron chi connectivity index (χ2n) is 4.52. The predicted octanol–water partition coefficient (Wildman–Crippen LogP) is 1.39. The molecule has 0 bridgehead atoms. The summed E-state index contributed by atoms with van der Waals surface area (Å²) in [4.78, 5) is 30.2. The molecule has 0 unspecified atom stereocenters. The van der Waals surface area contributed by atoms with Crippen molar-refractivity contribution >= 4 is 21.6 Å². The number of hydrogen-bond donors (Lipinski definition) is 2. The fourth-order valence-corrected chi connectivity index (χ4v) is 2.74. The number of rotatable bonds is 1. The Kier molecular flexibility index (Phi) is 3.02. The van der Waals surface area contributed by atoms with Crippen molar-refractivity contribution < 1.29 is 0 Å². The fraction of sp³-hybridized carbons (Fsp3) is 0.231. The van der Waals surface area contributed by atoms with Crippen LogP contribution in [0.4, 0.5) is 5.69 Å². The molecule has 2 N–H and O–H groups in total.